The number of hydrogen-bond donors (Lipinski definition) is 0. The summed E-state index contributed by atoms with van der Waals surface area (Å²) in [5.41, 5.74) is -0.105. The average molecular weight is 225 g/mol. The number of carbonyl (C=O) groups is 1. The minimum Gasteiger partial charge on any atom is -0.486 e. The summed E-state index contributed by atoms with van der Waals surface area (Å²) in [4.78, 5) is 11.6. The van der Waals surface area contributed by atoms with Gasteiger partial charge in [-0.25, -0.2) is 0 Å². The molecule has 1 saturated carbocycles. The lowest BCUT2D eigenvalue weighted by atomic mass is 10.1. The Morgan fingerprint density at radius 2 is 2.00 bits per heavy atom. The highest BCUT2D eigenvalue weighted by Gasteiger charge is 2.44. The number of ether oxygens (including phenoxy) is 1. The summed E-state index contributed by atoms with van der Waals surface area (Å²) in [5, 5.41) is 0.669. The third kappa shape index (κ3) is 2.51. The fraction of sp³-hybridized carbons (Fsp3) is 0.417. The molecule has 2 nitrogen and oxygen atoms in total. The van der Waals surface area contributed by atoms with Crippen molar-refractivity contribution in [1.82, 2.24) is 0 Å². The van der Waals surface area contributed by atoms with Gasteiger partial charge in [-0.2, -0.15) is 0 Å². The highest BCUT2D eigenvalue weighted by Crippen LogP contribution is 2.45. The molecule has 0 unspecified atom stereocenters. The number of hydrogen-bond acceptors (Lipinski definition) is 2. The molecule has 3 heteroatoms. The van der Waals surface area contributed by atoms with Gasteiger partial charge in [0.15, 0.2) is 5.78 Å². The maximum Gasteiger partial charge on any atom is 0.176 e. The monoisotopic (exact) mass is 224 g/mol. The molecule has 0 atom stereocenters. The maximum absolute atomic E-state index is 11.6. The first kappa shape index (κ1) is 10.5. The predicted octanol–water partition coefficient (Wildman–Crippen LogP) is 3.09. The van der Waals surface area contributed by atoms with E-state index in [0.29, 0.717) is 10.8 Å². The molecule has 1 aromatic rings. The summed E-state index contributed by atoms with van der Waals surface area (Å²) in [6, 6.07) is 7.04. The molecule has 1 aliphatic carbocycles. The Kier molecular flexibility index (Phi) is 2.70. The van der Waals surface area contributed by atoms with Gasteiger partial charge < -0.3 is 4.74 Å². The zero-order chi connectivity index (χ0) is 10.9. The van der Waals surface area contributed by atoms with E-state index in [1.54, 1.807) is 24.3 Å². The van der Waals surface area contributed by atoms with Crippen molar-refractivity contribution >= 4 is 17.4 Å². The number of rotatable bonds is 4. The van der Waals surface area contributed by atoms with Crippen molar-refractivity contribution in [2.24, 2.45) is 5.41 Å². The van der Waals surface area contributed by atoms with E-state index in [2.05, 4.69) is 0 Å². The first-order valence-electron chi connectivity index (χ1n) is 5.02. The van der Waals surface area contributed by atoms with Gasteiger partial charge >= 0.3 is 0 Å². The minimum atomic E-state index is -0.105. The lowest BCUT2D eigenvalue weighted by molar-refractivity contribution is -0.125. The van der Waals surface area contributed by atoms with Crippen molar-refractivity contribution in [3.05, 3.63) is 29.3 Å². The molecule has 2 rings (SSSR count). The Balaban J connectivity index is 1.88. The van der Waals surface area contributed by atoms with Gasteiger partial charge in [0.05, 0.1) is 0 Å². The van der Waals surface area contributed by atoms with Gasteiger partial charge in [0.1, 0.15) is 12.4 Å². The average Bonchev–Trinajstić information content (AvgIpc) is 2.97. The number of carbonyl (C=O) groups excluding carboxylic acids is 1. The zero-order valence-corrected chi connectivity index (χ0v) is 9.38. The minimum absolute atomic E-state index is 0.105. The molecule has 0 N–H and O–H groups in total. The van der Waals surface area contributed by atoms with Crippen LogP contribution in [0.1, 0.15) is 19.8 Å². The van der Waals surface area contributed by atoms with Crippen molar-refractivity contribution in [3.63, 3.8) is 0 Å². The van der Waals surface area contributed by atoms with Gasteiger partial charge in [-0.1, -0.05) is 18.5 Å². The van der Waals surface area contributed by atoms with E-state index >= 15 is 0 Å². The molecule has 1 aliphatic rings. The topological polar surface area (TPSA) is 26.3 Å². The van der Waals surface area contributed by atoms with Crippen LogP contribution in [0.25, 0.3) is 0 Å². The summed E-state index contributed by atoms with van der Waals surface area (Å²) in [7, 11) is 0. The van der Waals surface area contributed by atoms with Crippen LogP contribution in [0.15, 0.2) is 24.3 Å². The Morgan fingerprint density at radius 3 is 2.53 bits per heavy atom. The highest BCUT2D eigenvalue weighted by molar-refractivity contribution is 6.30. The number of halogens is 1. The molecule has 0 aliphatic heterocycles. The first-order chi connectivity index (χ1) is 7.10. The smallest absolute Gasteiger partial charge is 0.176 e. The quantitative estimate of drug-likeness (QED) is 0.786. The molecule has 15 heavy (non-hydrogen) atoms. The van der Waals surface area contributed by atoms with Gasteiger partial charge in [0.25, 0.3) is 0 Å². The Morgan fingerprint density at radius 1 is 1.40 bits per heavy atom. The van der Waals surface area contributed by atoms with Crippen LogP contribution in [0.2, 0.25) is 5.02 Å². The van der Waals surface area contributed by atoms with Crippen LogP contribution in [0, 0.1) is 5.41 Å². The van der Waals surface area contributed by atoms with Crippen LogP contribution in [-0.2, 0) is 4.79 Å². The van der Waals surface area contributed by atoms with Crippen LogP contribution in [0.4, 0.5) is 0 Å². The summed E-state index contributed by atoms with van der Waals surface area (Å²) in [6.07, 6.45) is 1.99. The van der Waals surface area contributed by atoms with E-state index in [-0.39, 0.29) is 17.8 Å². The molecular weight excluding hydrogens is 212 g/mol. The Hall–Kier alpha value is -1.02. The molecular formula is C12H13ClO2. The zero-order valence-electron chi connectivity index (χ0n) is 8.63. The lowest BCUT2D eigenvalue weighted by Crippen LogP contribution is -2.20. The standard InChI is InChI=1S/C12H13ClO2/c1-12(6-7-12)11(14)8-15-10-4-2-9(13)3-5-10/h2-5H,6-8H2,1H3. The van der Waals surface area contributed by atoms with Crippen LogP contribution in [0.3, 0.4) is 0 Å². The SMILES string of the molecule is CC1(C(=O)COc2ccc(Cl)cc2)CC1. The second-order valence-corrected chi connectivity index (χ2v) is 4.66. The molecule has 0 aromatic heterocycles. The van der Waals surface area contributed by atoms with Gasteiger partial charge in [-0.15, -0.1) is 0 Å². The Bertz CT molecular complexity index is 366. The van der Waals surface area contributed by atoms with Crippen LogP contribution in [0.5, 0.6) is 5.75 Å². The third-order valence-electron chi connectivity index (χ3n) is 2.86. The fourth-order valence-electron chi connectivity index (χ4n) is 1.32. The van der Waals surface area contributed by atoms with E-state index < -0.39 is 0 Å². The summed E-state index contributed by atoms with van der Waals surface area (Å²) >= 11 is 5.73. The molecule has 0 bridgehead atoms. The van der Waals surface area contributed by atoms with E-state index in [4.69, 9.17) is 16.3 Å². The molecule has 1 fully saturated rings. The summed E-state index contributed by atoms with van der Waals surface area (Å²) in [5.74, 6) is 0.884. The van der Waals surface area contributed by atoms with Crippen molar-refractivity contribution in [2.45, 2.75) is 19.8 Å². The third-order valence-corrected chi connectivity index (χ3v) is 3.11. The second-order valence-electron chi connectivity index (χ2n) is 4.23. The van der Waals surface area contributed by atoms with E-state index in [0.717, 1.165) is 12.8 Å². The molecule has 0 radical (unpaired) electrons. The molecule has 80 valence electrons. The summed E-state index contributed by atoms with van der Waals surface area (Å²) < 4.78 is 5.38. The second kappa shape index (κ2) is 3.86. The fourth-order valence-corrected chi connectivity index (χ4v) is 1.45. The van der Waals surface area contributed by atoms with Gasteiger partial charge in [-0.3, -0.25) is 4.79 Å². The predicted molar refractivity (Wildman–Crippen MR) is 59.3 cm³/mol. The number of Topliss-reactive ketones (excluding diaryl/α,β-unsaturated/α-hetero) is 1. The maximum atomic E-state index is 11.6. The van der Waals surface area contributed by atoms with Crippen molar-refractivity contribution in [3.8, 4) is 5.75 Å². The number of ketones is 1. The largest absolute Gasteiger partial charge is 0.486 e. The van der Waals surface area contributed by atoms with E-state index in [9.17, 15) is 4.79 Å². The molecule has 0 spiro atoms. The Labute approximate surface area is 94.2 Å². The van der Waals surface area contributed by atoms with Crippen molar-refractivity contribution in [1.29, 1.82) is 0 Å². The molecule has 1 aromatic carbocycles. The molecule has 0 saturated heterocycles. The van der Waals surface area contributed by atoms with Crippen LogP contribution < -0.4 is 4.74 Å². The van der Waals surface area contributed by atoms with Crippen LogP contribution >= 0.6 is 11.6 Å². The molecule has 0 heterocycles. The van der Waals surface area contributed by atoms with Gasteiger partial charge in [-0.05, 0) is 37.1 Å². The molecule has 0 amide bonds. The van der Waals surface area contributed by atoms with E-state index in [1.165, 1.54) is 0 Å². The van der Waals surface area contributed by atoms with E-state index in [1.807, 2.05) is 6.92 Å². The highest BCUT2D eigenvalue weighted by atomic mass is 35.5. The first-order valence-corrected chi connectivity index (χ1v) is 5.40. The normalized spacial score (nSPS) is 17.2. The van der Waals surface area contributed by atoms with Crippen molar-refractivity contribution < 1.29 is 9.53 Å². The van der Waals surface area contributed by atoms with Crippen molar-refractivity contribution in [2.75, 3.05) is 6.61 Å². The van der Waals surface area contributed by atoms with Gasteiger partial charge in [0, 0.05) is 10.4 Å². The van der Waals surface area contributed by atoms with Crippen LogP contribution in [-0.4, -0.2) is 12.4 Å². The van der Waals surface area contributed by atoms with Gasteiger partial charge in [0.2, 0.25) is 0 Å². The summed E-state index contributed by atoms with van der Waals surface area (Å²) in [6.45, 7) is 2.15. The lowest BCUT2D eigenvalue weighted by Gasteiger charge is -2.08. The number of benzene rings is 1.